The van der Waals surface area contributed by atoms with Crippen LogP contribution in [0.15, 0.2) is 78.1 Å². The van der Waals surface area contributed by atoms with Crippen molar-refractivity contribution in [2.75, 3.05) is 32.2 Å². The van der Waals surface area contributed by atoms with Gasteiger partial charge < -0.3 is 14.7 Å². The number of anilines is 1. The van der Waals surface area contributed by atoms with E-state index >= 15 is 0 Å². The molecule has 1 aliphatic heterocycles. The fraction of sp³-hybridized carbons (Fsp3) is 0.267. The zero-order valence-electron chi connectivity index (χ0n) is 21.4. The number of nitrogens with zero attached hydrogens (tertiary/aromatic N) is 5. The minimum absolute atomic E-state index is 0.143. The van der Waals surface area contributed by atoms with Gasteiger partial charge in [-0.05, 0) is 53.6 Å². The maximum absolute atomic E-state index is 13.6. The molecule has 4 heterocycles. The third-order valence-electron chi connectivity index (χ3n) is 7.25. The largest absolute Gasteiger partial charge is 0.389 e. The van der Waals surface area contributed by atoms with Crippen molar-refractivity contribution in [3.05, 3.63) is 94.8 Å². The Balaban J connectivity index is 1.37. The van der Waals surface area contributed by atoms with Crippen molar-refractivity contribution in [3.63, 3.8) is 0 Å². The zero-order chi connectivity index (χ0) is 26.2. The second-order valence-electron chi connectivity index (χ2n) is 9.96. The summed E-state index contributed by atoms with van der Waals surface area (Å²) in [5, 5.41) is 13.0. The van der Waals surface area contributed by atoms with E-state index < -0.39 is 6.10 Å². The average Bonchev–Trinajstić information content (AvgIpc) is 2.95. The van der Waals surface area contributed by atoms with Gasteiger partial charge in [-0.3, -0.25) is 14.3 Å². The normalized spacial score (nSPS) is 17.7. The van der Waals surface area contributed by atoms with Crippen LogP contribution in [0.4, 0.5) is 5.82 Å². The van der Waals surface area contributed by atoms with E-state index in [0.717, 1.165) is 39.0 Å². The number of rotatable bonds is 5. The molecule has 3 aromatic heterocycles. The molecule has 5 aromatic rings. The summed E-state index contributed by atoms with van der Waals surface area (Å²) in [5.41, 5.74) is 4.42. The Labute approximate surface area is 220 Å². The summed E-state index contributed by atoms with van der Waals surface area (Å²) in [6.07, 6.45) is 5.74. The molecule has 2 atom stereocenters. The van der Waals surface area contributed by atoms with Crippen LogP contribution >= 0.6 is 0 Å². The Hall–Kier alpha value is -4.14. The third kappa shape index (κ3) is 4.42. The SMILES string of the molecule is CN(C)c1ccc(-c2ccc(Cc3cc4c(=O)n([C@H]5CCOC[C@@H]5O)cnc4c4ccccc34)cn2)cn1. The van der Waals surface area contributed by atoms with Crippen molar-refractivity contribution in [1.82, 2.24) is 19.5 Å². The molecule has 38 heavy (non-hydrogen) atoms. The summed E-state index contributed by atoms with van der Waals surface area (Å²) in [6, 6.07) is 17.7. The summed E-state index contributed by atoms with van der Waals surface area (Å²) in [4.78, 5) is 29.5. The number of pyridine rings is 2. The zero-order valence-corrected chi connectivity index (χ0v) is 21.4. The summed E-state index contributed by atoms with van der Waals surface area (Å²) in [6.45, 7) is 0.727. The minimum Gasteiger partial charge on any atom is -0.389 e. The third-order valence-corrected chi connectivity index (χ3v) is 7.25. The van der Waals surface area contributed by atoms with Gasteiger partial charge in [0.25, 0.3) is 5.56 Å². The molecular weight excluding hydrogens is 478 g/mol. The molecule has 0 radical (unpaired) electrons. The van der Waals surface area contributed by atoms with Crippen LogP contribution in [-0.4, -0.2) is 58.0 Å². The molecular formula is C30H29N5O3. The molecule has 8 nitrogen and oxygen atoms in total. The molecule has 8 heteroatoms. The van der Waals surface area contributed by atoms with E-state index in [9.17, 15) is 9.90 Å². The van der Waals surface area contributed by atoms with E-state index in [1.54, 1.807) is 10.9 Å². The second kappa shape index (κ2) is 9.96. The number of benzene rings is 2. The molecule has 1 fully saturated rings. The van der Waals surface area contributed by atoms with Gasteiger partial charge in [-0.15, -0.1) is 0 Å². The Morgan fingerprint density at radius 3 is 2.55 bits per heavy atom. The van der Waals surface area contributed by atoms with Crippen molar-refractivity contribution in [2.24, 2.45) is 0 Å². The van der Waals surface area contributed by atoms with E-state index in [2.05, 4.69) is 22.1 Å². The van der Waals surface area contributed by atoms with Crippen molar-refractivity contribution < 1.29 is 9.84 Å². The van der Waals surface area contributed by atoms with E-state index in [-0.39, 0.29) is 18.2 Å². The van der Waals surface area contributed by atoms with Crippen LogP contribution in [0.5, 0.6) is 0 Å². The fourth-order valence-corrected chi connectivity index (χ4v) is 5.19. The summed E-state index contributed by atoms with van der Waals surface area (Å²) in [5.74, 6) is 0.897. The number of hydrogen-bond acceptors (Lipinski definition) is 7. The Morgan fingerprint density at radius 2 is 1.84 bits per heavy atom. The number of fused-ring (bicyclic) bond motifs is 3. The van der Waals surface area contributed by atoms with Gasteiger partial charge in [0.2, 0.25) is 0 Å². The molecule has 0 spiro atoms. The van der Waals surface area contributed by atoms with E-state index in [4.69, 9.17) is 9.72 Å². The summed E-state index contributed by atoms with van der Waals surface area (Å²) in [7, 11) is 3.93. The van der Waals surface area contributed by atoms with Gasteiger partial charge in [-0.2, -0.15) is 0 Å². The van der Waals surface area contributed by atoms with Gasteiger partial charge in [0.05, 0.1) is 41.7 Å². The van der Waals surface area contributed by atoms with Gasteiger partial charge in [-0.1, -0.05) is 30.3 Å². The number of aliphatic hydroxyl groups is 1. The average molecular weight is 508 g/mol. The van der Waals surface area contributed by atoms with Crippen LogP contribution in [0.25, 0.3) is 32.9 Å². The highest BCUT2D eigenvalue weighted by atomic mass is 16.5. The molecule has 1 N–H and O–H groups in total. The first kappa shape index (κ1) is 24.2. The van der Waals surface area contributed by atoms with E-state index in [1.165, 1.54) is 0 Å². The van der Waals surface area contributed by atoms with Crippen molar-refractivity contribution in [2.45, 2.75) is 25.0 Å². The molecule has 0 amide bonds. The maximum Gasteiger partial charge on any atom is 0.261 e. The fourth-order valence-electron chi connectivity index (χ4n) is 5.19. The molecule has 192 valence electrons. The van der Waals surface area contributed by atoms with Gasteiger partial charge in [0.15, 0.2) is 0 Å². The number of aliphatic hydroxyl groups excluding tert-OH is 1. The van der Waals surface area contributed by atoms with Gasteiger partial charge in [0, 0.05) is 44.0 Å². The highest BCUT2D eigenvalue weighted by Gasteiger charge is 2.27. The molecule has 0 bridgehead atoms. The minimum atomic E-state index is -0.737. The first-order chi connectivity index (χ1) is 18.5. The van der Waals surface area contributed by atoms with Gasteiger partial charge >= 0.3 is 0 Å². The lowest BCUT2D eigenvalue weighted by atomic mass is 9.96. The predicted octanol–water partition coefficient (Wildman–Crippen LogP) is 3.99. The lowest BCUT2D eigenvalue weighted by molar-refractivity contribution is -0.0395. The second-order valence-corrected chi connectivity index (χ2v) is 9.96. The molecule has 1 saturated heterocycles. The Kier molecular flexibility index (Phi) is 6.35. The standard InChI is InChI=1S/C30H29N5O3/c1-34(2)28-10-8-20(16-32-28)25-9-7-19(15-31-25)13-21-14-24-29(23-6-4-3-5-22(21)23)33-18-35(30(24)37)26-11-12-38-17-27(26)36/h3-10,14-16,18,26-27,36H,11-13,17H2,1-2H3/t26-,27-/m0/s1. The molecule has 0 saturated carbocycles. The van der Waals surface area contributed by atoms with Crippen LogP contribution in [0.1, 0.15) is 23.6 Å². The van der Waals surface area contributed by atoms with Crippen molar-refractivity contribution in [1.29, 1.82) is 0 Å². The van der Waals surface area contributed by atoms with Crippen LogP contribution in [0.2, 0.25) is 0 Å². The van der Waals surface area contributed by atoms with E-state index in [0.29, 0.717) is 30.4 Å². The monoisotopic (exact) mass is 507 g/mol. The topological polar surface area (TPSA) is 93.4 Å². The summed E-state index contributed by atoms with van der Waals surface area (Å²) >= 11 is 0. The van der Waals surface area contributed by atoms with E-state index in [1.807, 2.05) is 73.9 Å². The first-order valence-electron chi connectivity index (χ1n) is 12.8. The molecule has 1 aliphatic rings. The van der Waals surface area contributed by atoms with Crippen LogP contribution in [-0.2, 0) is 11.2 Å². The highest BCUT2D eigenvalue weighted by molar-refractivity contribution is 6.06. The number of ether oxygens (including phenoxy) is 1. The number of hydrogen-bond donors (Lipinski definition) is 1. The quantitative estimate of drug-likeness (QED) is 0.360. The Morgan fingerprint density at radius 1 is 1.00 bits per heavy atom. The molecule has 6 rings (SSSR count). The van der Waals surface area contributed by atoms with Gasteiger partial charge in [0.1, 0.15) is 5.82 Å². The highest BCUT2D eigenvalue weighted by Crippen LogP contribution is 2.29. The predicted molar refractivity (Wildman–Crippen MR) is 149 cm³/mol. The van der Waals surface area contributed by atoms with Crippen LogP contribution in [0, 0.1) is 0 Å². The smallest absolute Gasteiger partial charge is 0.261 e. The Bertz CT molecular complexity index is 1660. The van der Waals surface area contributed by atoms with Crippen molar-refractivity contribution in [3.8, 4) is 11.3 Å². The maximum atomic E-state index is 13.6. The summed E-state index contributed by atoms with van der Waals surface area (Å²) < 4.78 is 6.93. The molecule has 0 aliphatic carbocycles. The van der Waals surface area contributed by atoms with Crippen LogP contribution in [0.3, 0.4) is 0 Å². The van der Waals surface area contributed by atoms with Crippen molar-refractivity contribution >= 4 is 27.5 Å². The van der Waals surface area contributed by atoms with Gasteiger partial charge in [-0.25, -0.2) is 9.97 Å². The first-order valence-corrected chi connectivity index (χ1v) is 12.8. The molecule has 2 aromatic carbocycles. The number of aromatic nitrogens is 4. The van der Waals surface area contributed by atoms with Crippen LogP contribution < -0.4 is 10.5 Å². The molecule has 0 unspecified atom stereocenters. The lowest BCUT2D eigenvalue weighted by Gasteiger charge is -2.29. The lowest BCUT2D eigenvalue weighted by Crippen LogP contribution is -2.39.